The van der Waals surface area contributed by atoms with Gasteiger partial charge in [-0.1, -0.05) is 41.9 Å². The molecule has 23 heavy (non-hydrogen) atoms. The van der Waals surface area contributed by atoms with Crippen LogP contribution in [0.3, 0.4) is 0 Å². The van der Waals surface area contributed by atoms with Crippen molar-refractivity contribution < 1.29 is 17.9 Å². The molecular formula is C16H14ClNO4S. The minimum Gasteiger partial charge on any atom is -0.465 e. The summed E-state index contributed by atoms with van der Waals surface area (Å²) in [6, 6.07) is 13.2. The zero-order chi connectivity index (χ0) is 16.9. The van der Waals surface area contributed by atoms with Crippen molar-refractivity contribution >= 4 is 39.4 Å². The Kier molecular flexibility index (Phi) is 5.41. The SMILES string of the molecule is COC(=O)c1ccc(Cl)cc1NS(=O)(=O)/C=C/c1ccccc1. The standard InChI is InChI=1S/C16H14ClNO4S/c1-22-16(19)14-8-7-13(17)11-15(14)18-23(20,21)10-9-12-5-3-2-4-6-12/h2-11,18H,1H3/b10-9+. The quantitative estimate of drug-likeness (QED) is 0.836. The van der Waals surface area contributed by atoms with Gasteiger partial charge in [-0.3, -0.25) is 4.72 Å². The molecule has 0 saturated carbocycles. The van der Waals surface area contributed by atoms with E-state index in [0.717, 1.165) is 11.0 Å². The molecule has 0 bridgehead atoms. The van der Waals surface area contributed by atoms with E-state index in [4.69, 9.17) is 11.6 Å². The van der Waals surface area contributed by atoms with Gasteiger partial charge in [0, 0.05) is 5.02 Å². The number of carbonyl (C=O) groups excluding carboxylic acids is 1. The highest BCUT2D eigenvalue weighted by molar-refractivity contribution is 7.95. The van der Waals surface area contributed by atoms with Crippen molar-refractivity contribution in [1.82, 2.24) is 0 Å². The molecule has 0 unspecified atom stereocenters. The topological polar surface area (TPSA) is 72.5 Å². The molecule has 0 aliphatic rings. The number of ether oxygens (including phenoxy) is 1. The first kappa shape index (κ1) is 17.1. The number of hydrogen-bond acceptors (Lipinski definition) is 4. The molecular weight excluding hydrogens is 338 g/mol. The Labute approximate surface area is 139 Å². The summed E-state index contributed by atoms with van der Waals surface area (Å²) in [5, 5.41) is 1.31. The molecule has 0 radical (unpaired) electrons. The van der Waals surface area contributed by atoms with Gasteiger partial charge in [0.25, 0.3) is 10.0 Å². The van der Waals surface area contributed by atoms with E-state index in [1.807, 2.05) is 6.07 Å². The van der Waals surface area contributed by atoms with Gasteiger partial charge in [-0.2, -0.15) is 0 Å². The number of nitrogens with one attached hydrogen (secondary N) is 1. The van der Waals surface area contributed by atoms with E-state index < -0.39 is 16.0 Å². The van der Waals surface area contributed by atoms with Crippen LogP contribution >= 0.6 is 11.6 Å². The number of methoxy groups -OCH3 is 1. The van der Waals surface area contributed by atoms with Crippen LogP contribution in [0.2, 0.25) is 5.02 Å². The molecule has 2 aromatic carbocycles. The van der Waals surface area contributed by atoms with Gasteiger partial charge in [-0.05, 0) is 29.8 Å². The van der Waals surface area contributed by atoms with Crippen molar-refractivity contribution in [2.75, 3.05) is 11.8 Å². The molecule has 5 nitrogen and oxygen atoms in total. The van der Waals surface area contributed by atoms with Gasteiger partial charge in [0.2, 0.25) is 0 Å². The highest BCUT2D eigenvalue weighted by atomic mass is 35.5. The fourth-order valence-electron chi connectivity index (χ4n) is 1.81. The molecule has 0 aliphatic heterocycles. The largest absolute Gasteiger partial charge is 0.465 e. The van der Waals surface area contributed by atoms with E-state index in [-0.39, 0.29) is 11.3 Å². The summed E-state index contributed by atoms with van der Waals surface area (Å²) in [6.45, 7) is 0. The van der Waals surface area contributed by atoms with E-state index in [2.05, 4.69) is 9.46 Å². The van der Waals surface area contributed by atoms with Crippen molar-refractivity contribution in [2.24, 2.45) is 0 Å². The van der Waals surface area contributed by atoms with Gasteiger partial charge in [-0.25, -0.2) is 13.2 Å². The predicted molar refractivity (Wildman–Crippen MR) is 90.8 cm³/mol. The molecule has 0 saturated heterocycles. The van der Waals surface area contributed by atoms with Crippen molar-refractivity contribution in [3.8, 4) is 0 Å². The highest BCUT2D eigenvalue weighted by Crippen LogP contribution is 2.23. The van der Waals surface area contributed by atoms with Crippen LogP contribution in [0.5, 0.6) is 0 Å². The third-order valence-corrected chi connectivity index (χ3v) is 4.11. The number of carbonyl (C=O) groups is 1. The van der Waals surface area contributed by atoms with E-state index in [9.17, 15) is 13.2 Å². The molecule has 2 rings (SSSR count). The average Bonchev–Trinajstić information content (AvgIpc) is 2.53. The second-order valence-corrected chi connectivity index (χ2v) is 6.54. The lowest BCUT2D eigenvalue weighted by Crippen LogP contribution is -2.13. The summed E-state index contributed by atoms with van der Waals surface area (Å²) >= 11 is 5.86. The smallest absolute Gasteiger partial charge is 0.339 e. The molecule has 0 spiro atoms. The number of rotatable bonds is 5. The summed E-state index contributed by atoms with van der Waals surface area (Å²) < 4.78 is 31.2. The van der Waals surface area contributed by atoms with Crippen LogP contribution in [0.1, 0.15) is 15.9 Å². The second-order valence-electron chi connectivity index (χ2n) is 4.54. The molecule has 2 aromatic rings. The van der Waals surface area contributed by atoms with Crippen molar-refractivity contribution in [3.05, 3.63) is 70.1 Å². The Morgan fingerprint density at radius 2 is 1.87 bits per heavy atom. The first-order chi connectivity index (χ1) is 10.9. The molecule has 0 amide bonds. The van der Waals surface area contributed by atoms with E-state index in [1.54, 1.807) is 24.3 Å². The maximum absolute atomic E-state index is 12.2. The van der Waals surface area contributed by atoms with Gasteiger partial charge >= 0.3 is 5.97 Å². The summed E-state index contributed by atoms with van der Waals surface area (Å²) in [5.74, 6) is -0.661. The van der Waals surface area contributed by atoms with Crippen LogP contribution in [0.25, 0.3) is 6.08 Å². The monoisotopic (exact) mass is 351 g/mol. The average molecular weight is 352 g/mol. The van der Waals surface area contributed by atoms with E-state index in [1.165, 1.54) is 31.4 Å². The molecule has 0 atom stereocenters. The molecule has 120 valence electrons. The normalized spacial score (nSPS) is 11.4. The Hall–Kier alpha value is -2.31. The lowest BCUT2D eigenvalue weighted by atomic mass is 10.2. The highest BCUT2D eigenvalue weighted by Gasteiger charge is 2.16. The molecule has 0 aliphatic carbocycles. The zero-order valence-corrected chi connectivity index (χ0v) is 13.8. The number of halogens is 1. The van der Waals surface area contributed by atoms with Crippen molar-refractivity contribution in [1.29, 1.82) is 0 Å². The maximum atomic E-state index is 12.2. The Morgan fingerprint density at radius 3 is 2.52 bits per heavy atom. The van der Waals surface area contributed by atoms with Crippen LogP contribution in [0, 0.1) is 0 Å². The Bertz CT molecular complexity index is 832. The van der Waals surface area contributed by atoms with Gasteiger partial charge in [-0.15, -0.1) is 0 Å². The lowest BCUT2D eigenvalue weighted by molar-refractivity contribution is 0.0602. The fourth-order valence-corrected chi connectivity index (χ4v) is 2.86. The zero-order valence-electron chi connectivity index (χ0n) is 12.2. The van der Waals surface area contributed by atoms with Crippen LogP contribution in [-0.4, -0.2) is 21.5 Å². The Balaban J connectivity index is 2.28. The number of sulfonamides is 1. The van der Waals surface area contributed by atoms with E-state index >= 15 is 0 Å². The fraction of sp³-hybridized carbons (Fsp3) is 0.0625. The minimum absolute atomic E-state index is 0.0575. The van der Waals surface area contributed by atoms with Crippen LogP contribution in [0.15, 0.2) is 53.9 Å². The van der Waals surface area contributed by atoms with Crippen LogP contribution < -0.4 is 4.72 Å². The van der Waals surface area contributed by atoms with Crippen LogP contribution in [-0.2, 0) is 14.8 Å². The maximum Gasteiger partial charge on any atom is 0.339 e. The first-order valence-corrected chi connectivity index (χ1v) is 8.47. The summed E-state index contributed by atoms with van der Waals surface area (Å²) in [5.41, 5.74) is 0.868. The van der Waals surface area contributed by atoms with Crippen LogP contribution in [0.4, 0.5) is 5.69 Å². The summed E-state index contributed by atoms with van der Waals surface area (Å²) in [7, 11) is -2.60. The summed E-state index contributed by atoms with van der Waals surface area (Å²) in [6.07, 6.45) is 1.45. The second kappa shape index (κ2) is 7.30. The molecule has 0 heterocycles. The third-order valence-electron chi connectivity index (χ3n) is 2.88. The number of hydrogen-bond donors (Lipinski definition) is 1. The van der Waals surface area contributed by atoms with Gasteiger partial charge in [0.15, 0.2) is 0 Å². The first-order valence-electron chi connectivity index (χ1n) is 6.55. The predicted octanol–water partition coefficient (Wildman–Crippen LogP) is 3.54. The van der Waals surface area contributed by atoms with Gasteiger partial charge < -0.3 is 4.74 Å². The molecule has 0 aromatic heterocycles. The third kappa shape index (κ3) is 4.84. The van der Waals surface area contributed by atoms with E-state index in [0.29, 0.717) is 5.02 Å². The van der Waals surface area contributed by atoms with Crippen molar-refractivity contribution in [2.45, 2.75) is 0 Å². The van der Waals surface area contributed by atoms with Gasteiger partial charge in [0.05, 0.1) is 23.8 Å². The minimum atomic E-state index is -3.81. The van der Waals surface area contributed by atoms with Gasteiger partial charge in [0.1, 0.15) is 0 Å². The Morgan fingerprint density at radius 1 is 1.17 bits per heavy atom. The number of esters is 1. The van der Waals surface area contributed by atoms with Crippen molar-refractivity contribution in [3.63, 3.8) is 0 Å². The number of anilines is 1. The molecule has 0 fully saturated rings. The molecule has 1 N–H and O–H groups in total. The number of benzene rings is 2. The summed E-state index contributed by atoms with van der Waals surface area (Å²) in [4.78, 5) is 11.7. The molecule has 7 heteroatoms. The lowest BCUT2D eigenvalue weighted by Gasteiger charge is -2.10.